The molecule has 4 aliphatic carbocycles. The number of hydrogen-bond donors (Lipinski definition) is 0. The molecule has 6 unspecified atom stereocenters. The van der Waals surface area contributed by atoms with Crippen molar-refractivity contribution in [3.05, 3.63) is 209 Å². The maximum Gasteiger partial charge on any atom is 0.194 e. The fraction of sp³-hybridized carbons (Fsp3) is 0.446. The van der Waals surface area contributed by atoms with Gasteiger partial charge in [0.15, 0.2) is 46.3 Å². The van der Waals surface area contributed by atoms with E-state index in [9.17, 15) is 30.6 Å². The van der Waals surface area contributed by atoms with E-state index in [1.165, 1.54) is 11.1 Å². The lowest BCUT2D eigenvalue weighted by atomic mass is 9.65. The normalized spacial score (nSPS) is 17.3. The third-order valence-electron chi connectivity index (χ3n) is 28.5. The van der Waals surface area contributed by atoms with Gasteiger partial charge in [-0.05, 0) is 168 Å². The van der Waals surface area contributed by atoms with Crippen LogP contribution in [0.15, 0.2) is 131 Å². The Hall–Kier alpha value is -10.2. The summed E-state index contributed by atoms with van der Waals surface area (Å²) in [6.07, 6.45) is 30.7. The third kappa shape index (κ3) is 18.9. The molecule has 0 radical (unpaired) electrons. The highest BCUT2D eigenvalue weighted by Gasteiger charge is 2.52. The van der Waals surface area contributed by atoms with Gasteiger partial charge in [-0.15, -0.1) is 45.3 Å². The van der Waals surface area contributed by atoms with Crippen molar-refractivity contribution in [3.8, 4) is 98.7 Å². The summed E-state index contributed by atoms with van der Waals surface area (Å²) in [5, 5.41) is 42.5. The van der Waals surface area contributed by atoms with Crippen molar-refractivity contribution in [3.63, 3.8) is 0 Å². The molecule has 130 heavy (non-hydrogen) atoms. The molecule has 0 saturated carbocycles. The average Bonchev–Trinajstić information content (AvgIpc) is 1.51. The highest BCUT2D eigenvalue weighted by atomic mass is 32.1. The van der Waals surface area contributed by atoms with Crippen LogP contribution < -0.4 is 9.47 Å². The molecule has 676 valence electrons. The van der Waals surface area contributed by atoms with Gasteiger partial charge in [0.25, 0.3) is 0 Å². The molecular weight excluding hydrogens is 1700 g/mol. The van der Waals surface area contributed by atoms with Crippen LogP contribution in [0.1, 0.15) is 327 Å². The van der Waals surface area contributed by atoms with Gasteiger partial charge in [-0.25, -0.2) is 27.5 Å². The number of ether oxygens (including phenoxy) is 2. The van der Waals surface area contributed by atoms with Gasteiger partial charge in [-0.3, -0.25) is 9.59 Å². The van der Waals surface area contributed by atoms with E-state index in [4.69, 9.17) is 19.4 Å². The quantitative estimate of drug-likeness (QED) is 0.0203. The van der Waals surface area contributed by atoms with Gasteiger partial charge in [0.05, 0.1) is 35.7 Å². The first-order valence-corrected chi connectivity index (χ1v) is 51.4. The first kappa shape index (κ1) is 95.9. The topological polar surface area (TPSA) is 174 Å². The Labute approximate surface area is 783 Å². The van der Waals surface area contributed by atoms with Gasteiger partial charge in [-0.2, -0.15) is 21.0 Å². The summed E-state index contributed by atoms with van der Waals surface area (Å²) in [6.45, 7) is 28.1. The number of ketones is 2. The molecular formula is C112H122F4N6O4S4. The summed E-state index contributed by atoms with van der Waals surface area (Å²) in [7, 11) is 0. The number of nitrogens with zero attached hydrogens (tertiary/aromatic N) is 6. The molecule has 4 aliphatic rings. The molecule has 10 aromatic rings. The van der Waals surface area contributed by atoms with Crippen LogP contribution in [0.4, 0.5) is 17.6 Å². The maximum absolute atomic E-state index is 15.5. The van der Waals surface area contributed by atoms with Crippen LogP contribution in [0, 0.1) is 104 Å². The standard InChI is InChI=1S/C112H122F4N6O4S4/c1-13-25-37-67(19-7)57-111(58-68(20-8)38-26-14-2)85-49-77(47-83-95(75(61-117)62-118)79-51-89(113)91(115)53-81(79)103(83)123)127-107(85)109-87(111)55-93(129-109)97-101-102(122-100(74-45-35-32-36-46-74)99(121-101)73-43-33-31-34-44-73)98(106(126-66-72(24-12)42-30-18-6)105(97)125-65-71(23-11)41-29-17-5)94-56-88-110(130-94)108-86(112(88,59-69(21-9)39-27-15-3)60-70(22-10)40-28-16-4)50-78(128-108)48-84-96(76(63-119)64-120)80-52-90(114)92(116)54-82(80)104(84)124/h31-36,43-56,67-72H,13-30,37-42,57-60,65-66H2,1-12H3/b83-47-,84-48-. The van der Waals surface area contributed by atoms with Crippen LogP contribution in [0.3, 0.4) is 0 Å². The summed E-state index contributed by atoms with van der Waals surface area (Å²) in [5.74, 6) is -3.29. The summed E-state index contributed by atoms with van der Waals surface area (Å²) in [4.78, 5) is 50.1. The third-order valence-corrected chi connectivity index (χ3v) is 33.3. The van der Waals surface area contributed by atoms with E-state index >= 15 is 17.6 Å². The Kier molecular flexibility index (Phi) is 31.7. The molecule has 0 fully saturated rings. The lowest BCUT2D eigenvalue weighted by molar-refractivity contribution is 0.103. The number of halogens is 4. The fourth-order valence-corrected chi connectivity index (χ4v) is 26.3. The molecule has 6 atom stereocenters. The number of carbonyl (C=O) groups is 2. The van der Waals surface area contributed by atoms with Crippen molar-refractivity contribution in [2.75, 3.05) is 13.2 Å². The van der Waals surface area contributed by atoms with E-state index in [0.29, 0.717) is 80.6 Å². The Balaban J connectivity index is 1.14. The molecule has 0 bridgehead atoms. The van der Waals surface area contributed by atoms with Gasteiger partial charge in [-0.1, -0.05) is 285 Å². The Morgan fingerprint density at radius 2 is 0.669 bits per heavy atom. The second-order valence-corrected chi connectivity index (χ2v) is 41.0. The first-order valence-electron chi connectivity index (χ1n) is 48.2. The van der Waals surface area contributed by atoms with Crippen LogP contribution in [-0.4, -0.2) is 34.7 Å². The average molecular weight is 1820 g/mol. The Bertz CT molecular complexity index is 5730. The number of carbonyl (C=O) groups excluding carboxylic acids is 2. The maximum atomic E-state index is 15.5. The van der Waals surface area contributed by atoms with Gasteiger partial charge < -0.3 is 9.47 Å². The van der Waals surface area contributed by atoms with Gasteiger partial charge in [0.2, 0.25) is 0 Å². The highest BCUT2D eigenvalue weighted by molar-refractivity contribution is 7.25. The van der Waals surface area contributed by atoms with Gasteiger partial charge in [0.1, 0.15) is 46.5 Å². The minimum absolute atomic E-state index is 0.00772. The molecule has 5 heterocycles. The van der Waals surface area contributed by atoms with E-state index in [2.05, 4.69) is 156 Å². The molecule has 18 heteroatoms. The van der Waals surface area contributed by atoms with Gasteiger partial charge in [0, 0.05) is 94.4 Å². The van der Waals surface area contributed by atoms with Crippen LogP contribution in [0.25, 0.3) is 97.2 Å². The monoisotopic (exact) mass is 1820 g/mol. The van der Waals surface area contributed by atoms with Crippen LogP contribution in [0.5, 0.6) is 11.5 Å². The lowest BCUT2D eigenvalue weighted by Gasteiger charge is -2.38. The molecule has 10 nitrogen and oxygen atoms in total. The number of aromatic nitrogens is 2. The zero-order chi connectivity index (χ0) is 92.2. The van der Waals surface area contributed by atoms with Crippen LogP contribution >= 0.6 is 45.3 Å². The number of Topliss-reactive ketones (excluding diaryl/α,β-unsaturated/α-hetero) is 2. The highest BCUT2D eigenvalue weighted by Crippen LogP contribution is 2.67. The largest absolute Gasteiger partial charge is 0.489 e. The van der Waals surface area contributed by atoms with Crippen LogP contribution in [0.2, 0.25) is 0 Å². The molecule has 14 rings (SSSR count). The summed E-state index contributed by atoms with van der Waals surface area (Å²) >= 11 is 6.59. The number of benzene rings is 5. The van der Waals surface area contributed by atoms with Crippen molar-refractivity contribution >= 4 is 91.2 Å². The van der Waals surface area contributed by atoms with Crippen molar-refractivity contribution < 1.29 is 36.6 Å². The molecule has 0 N–H and O–H groups in total. The minimum atomic E-state index is -1.20. The number of nitriles is 4. The SMILES string of the molecule is CCCCC(CC)COc1c(OCC(CC)CCCC)c(-c2cc3c(s2)-c2sc(/C=C4\C(=O)c5cc(F)c(F)cc5C4=C(C#N)C#N)cc2C3(CC(CC)CCCC)CC(CC)CCCC)c2nc(-c3ccccc3)c(-c3ccccc3)nc2c1-c1cc2c(s1)-c1sc(/C=C3\C(=O)c4cc(F)c(F)cc4C3=C(C#N)C#N)cc1C2(CC(CC)CCCC)CC(CC)CCCC. The lowest BCUT2D eigenvalue weighted by Crippen LogP contribution is -2.31. The first-order chi connectivity index (χ1) is 63.2. The van der Waals surface area contributed by atoms with E-state index in [1.807, 2.05) is 36.4 Å². The van der Waals surface area contributed by atoms with E-state index in [1.54, 1.807) is 57.5 Å². The smallest absolute Gasteiger partial charge is 0.194 e. The molecule has 5 aromatic heterocycles. The number of unbranched alkanes of at least 4 members (excludes halogenated alkanes) is 6. The van der Waals surface area contributed by atoms with Crippen LogP contribution in [-0.2, 0) is 10.8 Å². The van der Waals surface area contributed by atoms with Gasteiger partial charge >= 0.3 is 0 Å². The van der Waals surface area contributed by atoms with Crippen molar-refractivity contribution in [1.82, 2.24) is 9.97 Å². The number of fused-ring (bicyclic) bond motifs is 9. The Morgan fingerprint density at radius 1 is 0.385 bits per heavy atom. The number of hydrogen-bond acceptors (Lipinski definition) is 14. The zero-order valence-electron chi connectivity index (χ0n) is 77.7. The summed E-state index contributed by atoms with van der Waals surface area (Å²) in [6, 6.07) is 41.8. The predicted molar refractivity (Wildman–Crippen MR) is 528 cm³/mol. The fourth-order valence-electron chi connectivity index (χ4n) is 21.0. The molecule has 0 saturated heterocycles. The van der Waals surface area contributed by atoms with E-state index < -0.39 is 45.7 Å². The van der Waals surface area contributed by atoms with Crippen molar-refractivity contribution in [1.29, 1.82) is 21.0 Å². The predicted octanol–water partition coefficient (Wildman–Crippen LogP) is 33.4. The van der Waals surface area contributed by atoms with E-state index in [-0.39, 0.29) is 67.5 Å². The van der Waals surface area contributed by atoms with E-state index in [0.717, 1.165) is 267 Å². The number of thiophene rings is 4. The summed E-state index contributed by atoms with van der Waals surface area (Å²) in [5.41, 5.74) is 8.63. The molecule has 5 aromatic carbocycles. The second-order valence-electron chi connectivity index (χ2n) is 36.7. The van der Waals surface area contributed by atoms with Crippen molar-refractivity contribution in [2.24, 2.45) is 35.5 Å². The Morgan fingerprint density at radius 3 is 0.962 bits per heavy atom. The molecule has 0 spiro atoms. The molecule has 0 aliphatic heterocycles. The number of rotatable bonds is 44. The summed E-state index contributed by atoms with van der Waals surface area (Å²) < 4.78 is 78.0. The molecule has 0 amide bonds. The minimum Gasteiger partial charge on any atom is -0.489 e. The zero-order valence-corrected chi connectivity index (χ0v) is 81.0. The van der Waals surface area contributed by atoms with Crippen molar-refractivity contribution in [2.45, 2.75) is 274 Å². The number of allylic oxidation sites excluding steroid dienone is 6. The second kappa shape index (κ2) is 43.0.